The Morgan fingerprint density at radius 1 is 1.50 bits per heavy atom. The van der Waals surface area contributed by atoms with Gasteiger partial charge in [0.05, 0.1) is 13.2 Å². The van der Waals surface area contributed by atoms with Crippen molar-refractivity contribution >= 4 is 16.1 Å². The van der Waals surface area contributed by atoms with Gasteiger partial charge in [-0.3, -0.25) is 8.98 Å². The van der Waals surface area contributed by atoms with Gasteiger partial charge in [-0.2, -0.15) is 8.42 Å². The molecule has 4 unspecified atom stereocenters. The molecule has 0 aromatic carbocycles. The lowest BCUT2D eigenvalue weighted by atomic mass is 9.80. The second-order valence-electron chi connectivity index (χ2n) is 5.06. The molecule has 90 valence electrons. The zero-order chi connectivity index (χ0) is 11.7. The van der Waals surface area contributed by atoms with Crippen LogP contribution in [-0.2, 0) is 23.8 Å². The highest BCUT2D eigenvalue weighted by atomic mass is 32.2. The molecule has 2 bridgehead atoms. The number of esters is 1. The highest BCUT2D eigenvalue weighted by Crippen LogP contribution is 2.63. The van der Waals surface area contributed by atoms with Crippen molar-refractivity contribution in [3.8, 4) is 0 Å². The van der Waals surface area contributed by atoms with E-state index >= 15 is 0 Å². The van der Waals surface area contributed by atoms with Gasteiger partial charge in [-0.05, 0) is 24.7 Å². The molecular weight excluding hydrogens is 232 g/mol. The van der Waals surface area contributed by atoms with Crippen LogP contribution in [0, 0.1) is 17.8 Å². The highest BCUT2D eigenvalue weighted by molar-refractivity contribution is 7.89. The maximum Gasteiger partial charge on any atom is 0.330 e. The summed E-state index contributed by atoms with van der Waals surface area (Å²) in [6.45, 7) is 2.00. The van der Waals surface area contributed by atoms with Crippen LogP contribution in [0.2, 0.25) is 0 Å². The molecule has 0 amide bonds. The Labute approximate surface area is 94.2 Å². The molecule has 5 nitrogen and oxygen atoms in total. The van der Waals surface area contributed by atoms with Crippen LogP contribution in [0.5, 0.6) is 0 Å². The first kappa shape index (κ1) is 10.5. The first-order valence-electron chi connectivity index (χ1n) is 5.45. The molecule has 2 aliphatic carbocycles. The van der Waals surface area contributed by atoms with E-state index in [1.54, 1.807) is 0 Å². The average molecular weight is 246 g/mol. The molecule has 2 saturated carbocycles. The summed E-state index contributed by atoms with van der Waals surface area (Å²) in [6, 6.07) is 0. The number of carbonyl (C=O) groups is 1. The van der Waals surface area contributed by atoms with Crippen molar-refractivity contribution in [3.63, 3.8) is 0 Å². The third kappa shape index (κ3) is 0.876. The quantitative estimate of drug-likeness (QED) is 0.491. The molecule has 0 radical (unpaired) electrons. The Kier molecular flexibility index (Phi) is 1.84. The first-order valence-corrected chi connectivity index (χ1v) is 6.86. The summed E-state index contributed by atoms with van der Waals surface area (Å²) >= 11 is 0. The standard InChI is InChI=1S/C10H14O5S/c1-5-6-3-7-8(5)15-16(12,13)10(7,4-6)9(11)14-2/h5-8H,3-4H2,1-2H3/t5?,6?,7?,8?,10-/m0/s1. The van der Waals surface area contributed by atoms with Gasteiger partial charge in [0.2, 0.25) is 0 Å². The van der Waals surface area contributed by atoms with E-state index in [-0.39, 0.29) is 23.9 Å². The smallest absolute Gasteiger partial charge is 0.330 e. The minimum Gasteiger partial charge on any atom is -0.468 e. The van der Waals surface area contributed by atoms with Crippen LogP contribution in [0.4, 0.5) is 0 Å². The Hall–Kier alpha value is -0.620. The maximum atomic E-state index is 12.0. The third-order valence-electron chi connectivity index (χ3n) is 4.59. The van der Waals surface area contributed by atoms with Gasteiger partial charge in [0.25, 0.3) is 10.1 Å². The van der Waals surface area contributed by atoms with Gasteiger partial charge >= 0.3 is 5.97 Å². The van der Waals surface area contributed by atoms with Crippen molar-refractivity contribution in [3.05, 3.63) is 0 Å². The largest absolute Gasteiger partial charge is 0.468 e. The minimum absolute atomic E-state index is 0.204. The monoisotopic (exact) mass is 246 g/mol. The fourth-order valence-corrected chi connectivity index (χ4v) is 5.84. The van der Waals surface area contributed by atoms with Crippen LogP contribution >= 0.6 is 0 Å². The normalized spacial score (nSPS) is 51.9. The van der Waals surface area contributed by atoms with E-state index in [0.717, 1.165) is 6.42 Å². The van der Waals surface area contributed by atoms with Crippen molar-refractivity contribution in [2.45, 2.75) is 30.6 Å². The van der Waals surface area contributed by atoms with E-state index in [9.17, 15) is 13.2 Å². The summed E-state index contributed by atoms with van der Waals surface area (Å²) in [5, 5.41) is 0. The van der Waals surface area contributed by atoms with Gasteiger partial charge in [-0.1, -0.05) is 6.92 Å². The lowest BCUT2D eigenvalue weighted by Crippen LogP contribution is -2.48. The fourth-order valence-electron chi connectivity index (χ4n) is 3.76. The average Bonchev–Trinajstić information content (AvgIpc) is 2.79. The van der Waals surface area contributed by atoms with Gasteiger partial charge in [0.1, 0.15) is 0 Å². The Morgan fingerprint density at radius 2 is 2.19 bits per heavy atom. The van der Waals surface area contributed by atoms with E-state index < -0.39 is 20.8 Å². The van der Waals surface area contributed by atoms with Crippen LogP contribution in [0.3, 0.4) is 0 Å². The minimum atomic E-state index is -3.81. The van der Waals surface area contributed by atoms with Crippen molar-refractivity contribution < 1.29 is 22.1 Å². The highest BCUT2D eigenvalue weighted by Gasteiger charge is 2.75. The molecule has 0 aromatic heterocycles. The number of ether oxygens (including phenoxy) is 1. The van der Waals surface area contributed by atoms with Crippen molar-refractivity contribution in [2.24, 2.45) is 17.8 Å². The Morgan fingerprint density at radius 3 is 2.75 bits per heavy atom. The number of methoxy groups -OCH3 is 1. The molecule has 16 heavy (non-hydrogen) atoms. The molecule has 1 aliphatic heterocycles. The summed E-state index contributed by atoms with van der Waals surface area (Å²) in [7, 11) is -2.58. The van der Waals surface area contributed by atoms with Crippen molar-refractivity contribution in [1.82, 2.24) is 0 Å². The van der Waals surface area contributed by atoms with Crippen molar-refractivity contribution in [2.75, 3.05) is 7.11 Å². The van der Waals surface area contributed by atoms with Gasteiger partial charge in [0, 0.05) is 5.92 Å². The topological polar surface area (TPSA) is 69.7 Å². The maximum absolute atomic E-state index is 12.0. The third-order valence-corrected chi connectivity index (χ3v) is 6.60. The summed E-state index contributed by atoms with van der Waals surface area (Å²) in [4.78, 5) is 11.8. The summed E-state index contributed by atoms with van der Waals surface area (Å²) in [5.41, 5.74) is 0. The lowest BCUT2D eigenvalue weighted by Gasteiger charge is -2.28. The van der Waals surface area contributed by atoms with Crippen LogP contribution in [0.1, 0.15) is 19.8 Å². The van der Waals surface area contributed by atoms with E-state index in [4.69, 9.17) is 4.18 Å². The van der Waals surface area contributed by atoms with Gasteiger partial charge in [-0.25, -0.2) is 0 Å². The van der Waals surface area contributed by atoms with Crippen LogP contribution in [-0.4, -0.2) is 32.3 Å². The van der Waals surface area contributed by atoms with Gasteiger partial charge in [0.15, 0.2) is 4.75 Å². The van der Waals surface area contributed by atoms with Crippen LogP contribution < -0.4 is 0 Å². The second kappa shape index (κ2) is 2.79. The van der Waals surface area contributed by atoms with E-state index in [1.165, 1.54) is 7.11 Å². The molecule has 5 atom stereocenters. The van der Waals surface area contributed by atoms with Gasteiger partial charge in [-0.15, -0.1) is 0 Å². The fraction of sp³-hybridized carbons (Fsp3) is 0.900. The zero-order valence-corrected chi connectivity index (χ0v) is 9.99. The van der Waals surface area contributed by atoms with Crippen LogP contribution in [0.25, 0.3) is 0 Å². The number of hydrogen-bond acceptors (Lipinski definition) is 5. The predicted octanol–water partition coefficient (Wildman–Crippen LogP) is 0.303. The number of fused-ring (bicyclic) bond motifs is 1. The molecule has 1 heterocycles. The summed E-state index contributed by atoms with van der Waals surface area (Å²) in [5.74, 6) is -0.356. The Bertz CT molecular complexity index is 456. The molecule has 6 heteroatoms. The number of hydrogen-bond donors (Lipinski definition) is 0. The Balaban J connectivity index is 2.16. The van der Waals surface area contributed by atoms with E-state index in [1.807, 2.05) is 6.92 Å². The molecule has 3 aliphatic rings. The summed E-state index contributed by atoms with van der Waals surface area (Å²) < 4.78 is 32.5. The van der Waals surface area contributed by atoms with Crippen molar-refractivity contribution in [1.29, 1.82) is 0 Å². The number of rotatable bonds is 1. The second-order valence-corrected chi connectivity index (χ2v) is 6.89. The van der Waals surface area contributed by atoms with Gasteiger partial charge < -0.3 is 4.74 Å². The SMILES string of the molecule is COC(=O)[C@]12CC3CC1C(OS2(=O)=O)C3C. The molecule has 0 aromatic rings. The predicted molar refractivity (Wildman–Crippen MR) is 53.9 cm³/mol. The molecule has 3 fully saturated rings. The summed E-state index contributed by atoms with van der Waals surface area (Å²) in [6.07, 6.45) is 0.813. The lowest BCUT2D eigenvalue weighted by molar-refractivity contribution is -0.145. The molecule has 1 saturated heterocycles. The molecule has 0 spiro atoms. The first-order chi connectivity index (χ1) is 7.44. The number of carbonyl (C=O) groups excluding carboxylic acids is 1. The van der Waals surface area contributed by atoms with E-state index in [0.29, 0.717) is 6.42 Å². The molecular formula is C10H14O5S. The molecule has 3 rings (SSSR count). The molecule has 0 N–H and O–H groups in total. The zero-order valence-electron chi connectivity index (χ0n) is 9.17. The van der Waals surface area contributed by atoms with Crippen LogP contribution in [0.15, 0.2) is 0 Å². The van der Waals surface area contributed by atoms with E-state index in [2.05, 4.69) is 4.74 Å².